The Morgan fingerprint density at radius 2 is 1.69 bits per heavy atom. The van der Waals surface area contributed by atoms with E-state index in [1.54, 1.807) is 13.2 Å². The fraction of sp³-hybridized carbons (Fsp3) is 0.571. The van der Waals surface area contributed by atoms with E-state index in [0.717, 1.165) is 49.6 Å². The monoisotopic (exact) mass is 566 g/mol. The van der Waals surface area contributed by atoms with Crippen molar-refractivity contribution in [2.75, 3.05) is 26.7 Å². The summed E-state index contributed by atoms with van der Waals surface area (Å²) in [6, 6.07) is 9.50. The minimum Gasteiger partial charge on any atom is -0.504 e. The van der Waals surface area contributed by atoms with E-state index in [-0.39, 0.29) is 40.9 Å². The number of fused-ring (bicyclic) bond motifs is 6. The van der Waals surface area contributed by atoms with Gasteiger partial charge < -0.3 is 25.2 Å². The minimum atomic E-state index is 0. The van der Waals surface area contributed by atoms with E-state index in [1.165, 1.54) is 48.1 Å². The first-order valence-corrected chi connectivity index (χ1v) is 12.7. The summed E-state index contributed by atoms with van der Waals surface area (Å²) < 4.78 is 5.57. The van der Waals surface area contributed by atoms with E-state index in [0.29, 0.717) is 18.0 Å². The molecule has 2 heterocycles. The van der Waals surface area contributed by atoms with E-state index in [2.05, 4.69) is 36.2 Å². The van der Waals surface area contributed by atoms with Gasteiger partial charge in [-0.2, -0.15) is 0 Å². The maximum atomic E-state index is 9.92. The lowest BCUT2D eigenvalue weighted by Crippen LogP contribution is -2.34. The molecule has 2 aliphatic heterocycles. The Kier molecular flexibility index (Phi) is 9.41. The first kappa shape index (κ1) is 28.1. The molecule has 3 N–H and O–H groups in total. The van der Waals surface area contributed by atoms with Gasteiger partial charge in [0.25, 0.3) is 0 Å². The summed E-state index contributed by atoms with van der Waals surface area (Å²) in [5.74, 6) is 2.52. The van der Waals surface area contributed by atoms with Crippen molar-refractivity contribution in [2.45, 2.75) is 76.3 Å². The number of likely N-dealkylation sites (tertiary alicyclic amines) is 1. The second kappa shape index (κ2) is 11.7. The van der Waals surface area contributed by atoms with Crippen LogP contribution in [-0.4, -0.2) is 53.9 Å². The number of aryl methyl sites for hydroxylation is 1. The van der Waals surface area contributed by atoms with Gasteiger partial charge in [0.15, 0.2) is 11.5 Å². The van der Waals surface area contributed by atoms with Gasteiger partial charge in [-0.15, -0.1) is 29.4 Å². The van der Waals surface area contributed by atoms with E-state index in [9.17, 15) is 10.2 Å². The molecule has 4 aliphatic rings. The summed E-state index contributed by atoms with van der Waals surface area (Å²) >= 11 is 0. The summed E-state index contributed by atoms with van der Waals surface area (Å²) in [5.41, 5.74) is 6.50. The predicted octanol–water partition coefficient (Wildman–Crippen LogP) is 5.62. The van der Waals surface area contributed by atoms with Crippen LogP contribution in [0.3, 0.4) is 0 Å². The van der Waals surface area contributed by atoms with Crippen LogP contribution in [0.2, 0.25) is 0 Å². The lowest BCUT2D eigenvalue weighted by molar-refractivity contribution is 0.237. The highest BCUT2D eigenvalue weighted by Gasteiger charge is 2.39. The number of benzene rings is 2. The second-order valence-corrected chi connectivity index (χ2v) is 10.1. The van der Waals surface area contributed by atoms with Gasteiger partial charge in [0.05, 0.1) is 7.11 Å². The molecule has 2 aliphatic carbocycles. The number of hydrogen-bond acceptors (Lipinski definition) is 5. The summed E-state index contributed by atoms with van der Waals surface area (Å²) in [6.07, 6.45) is 6.86. The molecule has 0 amide bonds. The number of rotatable bonds is 2. The topological polar surface area (TPSA) is 65.0 Å². The van der Waals surface area contributed by atoms with E-state index >= 15 is 0 Å². The van der Waals surface area contributed by atoms with Gasteiger partial charge in [0.2, 0.25) is 0 Å². The van der Waals surface area contributed by atoms with E-state index in [4.69, 9.17) is 4.74 Å². The molecular weight excluding hydrogens is 528 g/mol. The van der Waals surface area contributed by atoms with Gasteiger partial charge in [0, 0.05) is 29.5 Å². The zero-order valence-electron chi connectivity index (χ0n) is 21.0. The Bertz CT molecular complexity index is 1030. The largest absolute Gasteiger partial charge is 0.504 e. The predicted molar refractivity (Wildman–Crippen MR) is 149 cm³/mol. The smallest absolute Gasteiger partial charge is 0.160 e. The van der Waals surface area contributed by atoms with E-state index < -0.39 is 0 Å². The molecule has 2 aromatic carbocycles. The van der Waals surface area contributed by atoms with Crippen molar-refractivity contribution in [1.29, 1.82) is 0 Å². The van der Waals surface area contributed by atoms with Crippen LogP contribution >= 0.6 is 29.4 Å². The number of hydrogen-bond donors (Lipinski definition) is 3. The van der Waals surface area contributed by atoms with Crippen molar-refractivity contribution in [2.24, 2.45) is 0 Å². The van der Waals surface area contributed by atoms with Crippen molar-refractivity contribution in [3.63, 3.8) is 0 Å². The molecular formula is C28H40BrClN2O3. The van der Waals surface area contributed by atoms with Crippen LogP contribution < -0.4 is 10.1 Å². The number of nitrogens with one attached hydrogen (secondary N) is 1. The van der Waals surface area contributed by atoms with Gasteiger partial charge >= 0.3 is 0 Å². The Labute approximate surface area is 226 Å². The first-order valence-electron chi connectivity index (χ1n) is 12.7. The maximum Gasteiger partial charge on any atom is 0.160 e. The molecule has 35 heavy (non-hydrogen) atoms. The van der Waals surface area contributed by atoms with Crippen molar-refractivity contribution < 1.29 is 14.9 Å². The lowest BCUT2D eigenvalue weighted by Gasteiger charge is -2.33. The molecule has 2 fully saturated rings. The highest BCUT2D eigenvalue weighted by molar-refractivity contribution is 8.93. The van der Waals surface area contributed by atoms with Crippen molar-refractivity contribution in [3.8, 4) is 17.2 Å². The van der Waals surface area contributed by atoms with Crippen LogP contribution in [0.15, 0.2) is 24.3 Å². The quantitative estimate of drug-likeness (QED) is 0.411. The number of phenols is 2. The van der Waals surface area contributed by atoms with Gasteiger partial charge in [-0.05, 0) is 93.4 Å². The average Bonchev–Trinajstić information content (AvgIpc) is 3.48. The number of aromatic hydroxyl groups is 2. The third-order valence-electron chi connectivity index (χ3n) is 8.60. The number of halogens is 2. The number of phenolic OH excluding ortho intramolecular Hbond substituents is 2. The van der Waals surface area contributed by atoms with Gasteiger partial charge in [-0.25, -0.2) is 0 Å². The SMILES string of the molecule is Br.CCN1CC[C@H]2c3ccc(O)c(O)c3CC[C@@H]21.COc1c(C)ccc2c1CC[C@@H]1NCC[C@@H]21.Cl. The molecule has 4 atom stereocenters. The van der Waals surface area contributed by atoms with Gasteiger partial charge in [0.1, 0.15) is 5.75 Å². The third kappa shape index (κ3) is 5.04. The molecule has 0 spiro atoms. The van der Waals surface area contributed by atoms with Crippen molar-refractivity contribution in [1.82, 2.24) is 10.2 Å². The number of methoxy groups -OCH3 is 1. The zero-order valence-corrected chi connectivity index (χ0v) is 23.6. The molecule has 5 nitrogen and oxygen atoms in total. The second-order valence-electron chi connectivity index (χ2n) is 10.1. The fourth-order valence-corrected chi connectivity index (χ4v) is 6.99. The Balaban J connectivity index is 0.000000185. The zero-order chi connectivity index (χ0) is 23.1. The number of nitrogens with zero attached hydrogens (tertiary/aromatic N) is 1. The average molecular weight is 568 g/mol. The summed E-state index contributed by atoms with van der Waals surface area (Å²) in [5, 5.41) is 23.1. The molecule has 2 saturated heterocycles. The molecule has 194 valence electrons. The summed E-state index contributed by atoms with van der Waals surface area (Å²) in [4.78, 5) is 2.54. The van der Waals surface area contributed by atoms with E-state index in [1.807, 2.05) is 6.07 Å². The highest BCUT2D eigenvalue weighted by Crippen LogP contribution is 2.46. The summed E-state index contributed by atoms with van der Waals surface area (Å²) in [6.45, 7) is 7.79. The van der Waals surface area contributed by atoms with Crippen LogP contribution in [0, 0.1) is 6.92 Å². The molecule has 0 saturated carbocycles. The highest BCUT2D eigenvalue weighted by atomic mass is 79.9. The molecule has 6 rings (SSSR count). The third-order valence-corrected chi connectivity index (χ3v) is 8.60. The van der Waals surface area contributed by atoms with Crippen LogP contribution in [-0.2, 0) is 12.8 Å². The first-order chi connectivity index (χ1) is 16.0. The standard InChI is InChI=1S/C14H19NO2.C14H19NO.BrH.ClH/c1-2-15-8-7-10-9-4-6-13(16)14(17)11(9)3-5-12(10)15;1-9-3-4-10-11-7-8-15-13(11)6-5-12(10)14(9)16-2;;/h4,6,10,12,16-17H,2-3,5,7-8H2,1H3;3-4,11,13,15H,5-8H2,1-2H3;2*1H/t10-,12-;11-,13-;;/m00../s1. The van der Waals surface area contributed by atoms with Crippen molar-refractivity contribution >= 4 is 29.4 Å². The van der Waals surface area contributed by atoms with Crippen molar-refractivity contribution in [3.05, 3.63) is 52.1 Å². The Hall–Kier alpha value is -1.47. The van der Waals surface area contributed by atoms with Crippen LogP contribution in [0.4, 0.5) is 0 Å². The van der Waals surface area contributed by atoms with Gasteiger partial charge in [-0.1, -0.05) is 25.1 Å². The number of ether oxygens (including phenoxy) is 1. The maximum absolute atomic E-state index is 9.92. The van der Waals surface area contributed by atoms with Crippen LogP contribution in [0.25, 0.3) is 0 Å². The lowest BCUT2D eigenvalue weighted by atomic mass is 9.79. The fourth-order valence-electron chi connectivity index (χ4n) is 6.99. The molecule has 0 unspecified atom stereocenters. The summed E-state index contributed by atoms with van der Waals surface area (Å²) in [7, 11) is 1.79. The normalized spacial score (nSPS) is 26.0. The molecule has 0 bridgehead atoms. The molecule has 0 aromatic heterocycles. The number of likely N-dealkylation sites (N-methyl/N-ethyl adjacent to an activating group) is 1. The molecule has 2 aromatic rings. The minimum absolute atomic E-state index is 0. The molecule has 7 heteroatoms. The molecule has 0 radical (unpaired) electrons. The van der Waals surface area contributed by atoms with Crippen LogP contribution in [0.1, 0.15) is 72.3 Å². The van der Waals surface area contributed by atoms with Gasteiger partial charge in [-0.3, -0.25) is 0 Å². The Morgan fingerprint density at radius 3 is 2.43 bits per heavy atom. The van der Waals surface area contributed by atoms with Crippen LogP contribution in [0.5, 0.6) is 17.2 Å². The Morgan fingerprint density at radius 1 is 0.971 bits per heavy atom.